The second kappa shape index (κ2) is 2.51. The number of aliphatic hydroxyl groups is 1. The number of hydrogen-bond donors (Lipinski definition) is 2. The molecule has 0 bridgehead atoms. The molecule has 1 rings (SSSR count). The minimum atomic E-state index is -0.587. The Bertz CT molecular complexity index is 251. The molecule has 3 heteroatoms. The van der Waals surface area contributed by atoms with Gasteiger partial charge in [-0.25, -0.2) is 0 Å². The van der Waals surface area contributed by atoms with Crippen LogP contribution < -0.4 is 5.32 Å². The van der Waals surface area contributed by atoms with Crippen LogP contribution in [0.1, 0.15) is 27.7 Å². The Morgan fingerprint density at radius 3 is 2.08 bits per heavy atom. The van der Waals surface area contributed by atoms with E-state index in [-0.39, 0.29) is 17.6 Å². The number of carbonyl (C=O) groups is 1. The Kier molecular flexibility index (Phi) is 1.90. The monoisotopic (exact) mass is 169 g/mol. The summed E-state index contributed by atoms with van der Waals surface area (Å²) in [6.07, 6.45) is 0. The zero-order chi connectivity index (χ0) is 9.52. The van der Waals surface area contributed by atoms with Crippen molar-refractivity contribution in [2.75, 3.05) is 0 Å². The van der Waals surface area contributed by atoms with Crippen molar-refractivity contribution in [3.05, 3.63) is 11.3 Å². The molecular formula is C9H15NO2. The van der Waals surface area contributed by atoms with Gasteiger partial charge in [0.15, 0.2) is 0 Å². The standard InChI is InChI=1S/C9H15NO2/c1-5(2)6-7(11)9(3,4)10-8(6)12/h5,11H,1-4H3,(H,10,12). The van der Waals surface area contributed by atoms with Crippen LogP contribution in [0.5, 0.6) is 0 Å². The molecule has 68 valence electrons. The molecule has 0 aromatic carbocycles. The Morgan fingerprint density at radius 1 is 1.42 bits per heavy atom. The minimum Gasteiger partial charge on any atom is -0.509 e. The molecule has 3 nitrogen and oxygen atoms in total. The topological polar surface area (TPSA) is 49.3 Å². The fourth-order valence-electron chi connectivity index (χ4n) is 1.39. The molecule has 0 fully saturated rings. The second-order valence-electron chi connectivity index (χ2n) is 4.00. The van der Waals surface area contributed by atoms with E-state index in [4.69, 9.17) is 0 Å². The van der Waals surface area contributed by atoms with Gasteiger partial charge in [0, 0.05) is 0 Å². The van der Waals surface area contributed by atoms with Crippen molar-refractivity contribution in [1.29, 1.82) is 0 Å². The fraction of sp³-hybridized carbons (Fsp3) is 0.667. The van der Waals surface area contributed by atoms with Crippen molar-refractivity contribution in [1.82, 2.24) is 5.32 Å². The molecule has 0 saturated carbocycles. The van der Waals surface area contributed by atoms with E-state index in [2.05, 4.69) is 5.32 Å². The predicted molar refractivity (Wildman–Crippen MR) is 46.7 cm³/mol. The van der Waals surface area contributed by atoms with Gasteiger partial charge in [0.25, 0.3) is 5.91 Å². The highest BCUT2D eigenvalue weighted by Crippen LogP contribution is 2.28. The quantitative estimate of drug-likeness (QED) is 0.622. The van der Waals surface area contributed by atoms with Gasteiger partial charge in [-0.15, -0.1) is 0 Å². The summed E-state index contributed by atoms with van der Waals surface area (Å²) < 4.78 is 0. The molecule has 0 aromatic rings. The largest absolute Gasteiger partial charge is 0.509 e. The van der Waals surface area contributed by atoms with Crippen molar-refractivity contribution in [3.8, 4) is 0 Å². The maximum atomic E-state index is 11.3. The smallest absolute Gasteiger partial charge is 0.251 e. The summed E-state index contributed by atoms with van der Waals surface area (Å²) in [4.78, 5) is 11.3. The molecule has 1 amide bonds. The lowest BCUT2D eigenvalue weighted by atomic mass is 9.98. The molecule has 1 heterocycles. The molecule has 0 spiro atoms. The van der Waals surface area contributed by atoms with E-state index in [1.165, 1.54) is 0 Å². The first kappa shape index (κ1) is 9.10. The number of aliphatic hydroxyl groups excluding tert-OH is 1. The lowest BCUT2D eigenvalue weighted by Crippen LogP contribution is -2.38. The first-order chi connectivity index (χ1) is 5.36. The molecule has 0 atom stereocenters. The Balaban J connectivity index is 3.11. The van der Waals surface area contributed by atoms with Crippen LogP contribution in [0, 0.1) is 5.92 Å². The molecule has 0 radical (unpaired) electrons. The van der Waals surface area contributed by atoms with E-state index < -0.39 is 5.54 Å². The zero-order valence-corrected chi connectivity index (χ0v) is 7.93. The van der Waals surface area contributed by atoms with E-state index in [1.54, 1.807) is 13.8 Å². The van der Waals surface area contributed by atoms with Crippen LogP contribution in [-0.2, 0) is 4.79 Å². The summed E-state index contributed by atoms with van der Waals surface area (Å²) in [5.74, 6) is 0.113. The number of nitrogens with one attached hydrogen (secondary N) is 1. The number of rotatable bonds is 1. The maximum absolute atomic E-state index is 11.3. The van der Waals surface area contributed by atoms with Gasteiger partial charge in [-0.2, -0.15) is 0 Å². The van der Waals surface area contributed by atoms with Gasteiger partial charge >= 0.3 is 0 Å². The van der Waals surface area contributed by atoms with Gasteiger partial charge < -0.3 is 10.4 Å². The first-order valence-electron chi connectivity index (χ1n) is 4.12. The van der Waals surface area contributed by atoms with Crippen LogP contribution in [-0.4, -0.2) is 16.6 Å². The van der Waals surface area contributed by atoms with E-state index in [9.17, 15) is 9.90 Å². The van der Waals surface area contributed by atoms with Crippen molar-refractivity contribution >= 4 is 5.91 Å². The fourth-order valence-corrected chi connectivity index (χ4v) is 1.39. The van der Waals surface area contributed by atoms with Crippen molar-refractivity contribution in [2.45, 2.75) is 33.2 Å². The van der Waals surface area contributed by atoms with Crippen LogP contribution in [0.3, 0.4) is 0 Å². The Hall–Kier alpha value is -0.990. The third kappa shape index (κ3) is 1.19. The highest BCUT2D eigenvalue weighted by atomic mass is 16.3. The van der Waals surface area contributed by atoms with E-state index in [0.717, 1.165) is 0 Å². The second-order valence-corrected chi connectivity index (χ2v) is 4.00. The highest BCUT2D eigenvalue weighted by molar-refractivity contribution is 5.98. The van der Waals surface area contributed by atoms with E-state index >= 15 is 0 Å². The van der Waals surface area contributed by atoms with Gasteiger partial charge in [0.2, 0.25) is 0 Å². The average molecular weight is 169 g/mol. The molecule has 0 aliphatic carbocycles. The number of carbonyl (C=O) groups excluding carboxylic acids is 1. The van der Waals surface area contributed by atoms with Gasteiger partial charge in [0.1, 0.15) is 5.76 Å². The first-order valence-corrected chi connectivity index (χ1v) is 4.12. The Morgan fingerprint density at radius 2 is 1.92 bits per heavy atom. The third-order valence-corrected chi connectivity index (χ3v) is 2.10. The van der Waals surface area contributed by atoms with E-state index in [0.29, 0.717) is 5.57 Å². The SMILES string of the molecule is CC(C)C1=C(O)C(C)(C)NC1=O. The molecule has 0 aromatic heterocycles. The molecule has 0 unspecified atom stereocenters. The summed E-state index contributed by atoms with van der Waals surface area (Å²) >= 11 is 0. The van der Waals surface area contributed by atoms with Crippen LogP contribution >= 0.6 is 0 Å². The zero-order valence-electron chi connectivity index (χ0n) is 7.93. The summed E-state index contributed by atoms with van der Waals surface area (Å²) in [5, 5.41) is 12.4. The summed E-state index contributed by atoms with van der Waals surface area (Å²) in [6, 6.07) is 0. The van der Waals surface area contributed by atoms with Crippen LogP contribution in [0.2, 0.25) is 0 Å². The molecule has 1 aliphatic heterocycles. The highest BCUT2D eigenvalue weighted by Gasteiger charge is 2.38. The van der Waals surface area contributed by atoms with Gasteiger partial charge in [-0.3, -0.25) is 4.79 Å². The van der Waals surface area contributed by atoms with Crippen LogP contribution in [0.4, 0.5) is 0 Å². The average Bonchev–Trinajstić information content (AvgIpc) is 2.02. The van der Waals surface area contributed by atoms with Gasteiger partial charge in [-0.1, -0.05) is 13.8 Å². The van der Waals surface area contributed by atoms with Crippen molar-refractivity contribution < 1.29 is 9.90 Å². The molecule has 12 heavy (non-hydrogen) atoms. The van der Waals surface area contributed by atoms with E-state index in [1.807, 2.05) is 13.8 Å². The molecule has 0 saturated heterocycles. The summed E-state index contributed by atoms with van der Waals surface area (Å²) in [6.45, 7) is 7.37. The maximum Gasteiger partial charge on any atom is 0.251 e. The summed E-state index contributed by atoms with van der Waals surface area (Å²) in [5.41, 5.74) is -0.0727. The lowest BCUT2D eigenvalue weighted by molar-refractivity contribution is -0.117. The minimum absolute atomic E-state index is 0.0757. The molecule has 1 aliphatic rings. The van der Waals surface area contributed by atoms with Crippen LogP contribution in [0.25, 0.3) is 0 Å². The third-order valence-electron chi connectivity index (χ3n) is 2.10. The van der Waals surface area contributed by atoms with Gasteiger partial charge in [-0.05, 0) is 19.8 Å². The summed E-state index contributed by atoms with van der Waals surface area (Å²) in [7, 11) is 0. The Labute approximate surface area is 72.5 Å². The van der Waals surface area contributed by atoms with Gasteiger partial charge in [0.05, 0.1) is 11.1 Å². The molecular weight excluding hydrogens is 154 g/mol. The van der Waals surface area contributed by atoms with Crippen LogP contribution in [0.15, 0.2) is 11.3 Å². The predicted octanol–water partition coefficient (Wildman–Crippen LogP) is 1.36. The molecule has 2 N–H and O–H groups in total. The number of amides is 1. The number of hydrogen-bond acceptors (Lipinski definition) is 2. The van der Waals surface area contributed by atoms with Crippen molar-refractivity contribution in [2.24, 2.45) is 5.92 Å². The van der Waals surface area contributed by atoms with Crippen molar-refractivity contribution in [3.63, 3.8) is 0 Å². The normalized spacial score (nSPS) is 21.9. The lowest BCUT2D eigenvalue weighted by Gasteiger charge is -2.17.